The molecule has 2 N–H and O–H groups in total. The second kappa shape index (κ2) is 5.07. The van der Waals surface area contributed by atoms with Gasteiger partial charge in [0.25, 0.3) is 5.97 Å². The first-order valence-corrected chi connectivity index (χ1v) is 3.05. The zero-order valence-corrected chi connectivity index (χ0v) is 9.94. The Morgan fingerprint density at radius 3 is 1.91 bits per heavy atom. The monoisotopic (exact) mass is 252 g/mol. The molecule has 4 nitrogen and oxygen atoms in total. The number of carbonyl (C=O) groups is 2. The number of carboxylic acid groups (broad SMARTS) is 2. The van der Waals surface area contributed by atoms with E-state index in [9.17, 15) is 9.59 Å². The minimum Gasteiger partial charge on any atom is -0.503 e. The van der Waals surface area contributed by atoms with Crippen LogP contribution in [-0.2, 0) is 42.3 Å². The van der Waals surface area contributed by atoms with Crippen LogP contribution in [0.25, 0.3) is 0 Å². The molecular weight excluding hydrogens is 244 g/mol. The van der Waals surface area contributed by atoms with Crippen LogP contribution in [0.4, 0.5) is 0 Å². The summed E-state index contributed by atoms with van der Waals surface area (Å²) in [7, 11) is 1.94. The van der Waals surface area contributed by atoms with Gasteiger partial charge in [-0.25, -0.2) is 0 Å². The molecule has 61 valence electrons. The number of aliphatic carboxylic acids is 2. The minimum atomic E-state index is -1.37. The topological polar surface area (TPSA) is 74.6 Å². The van der Waals surface area contributed by atoms with Crippen LogP contribution in [0.5, 0.6) is 0 Å². The van der Waals surface area contributed by atoms with Crippen molar-refractivity contribution in [1.29, 1.82) is 0 Å². The van der Waals surface area contributed by atoms with Gasteiger partial charge in [0, 0.05) is 32.7 Å². The van der Waals surface area contributed by atoms with Crippen LogP contribution in [0.15, 0.2) is 0 Å². The third-order valence-corrected chi connectivity index (χ3v) is 1.30. The van der Waals surface area contributed by atoms with Crippen LogP contribution in [0.1, 0.15) is 6.92 Å². The third kappa shape index (κ3) is 5.60. The van der Waals surface area contributed by atoms with Crippen molar-refractivity contribution in [2.75, 3.05) is 0 Å². The normalized spacial score (nSPS) is 14.0. The molecular formula is C5H8O4PY-. The van der Waals surface area contributed by atoms with Crippen molar-refractivity contribution in [2.24, 2.45) is 0 Å². The van der Waals surface area contributed by atoms with Crippen LogP contribution in [0.3, 0.4) is 0 Å². The molecule has 0 aromatic rings. The van der Waals surface area contributed by atoms with Gasteiger partial charge in [-0.3, -0.25) is 16.0 Å². The average Bonchev–Trinajstić information content (AvgIpc) is 1.60. The van der Waals surface area contributed by atoms with Crippen molar-refractivity contribution in [2.45, 2.75) is 12.1 Å². The first kappa shape index (κ1) is 13.9. The summed E-state index contributed by atoms with van der Waals surface area (Å²) < 4.78 is 0. The number of carboxylic acids is 2. The van der Waals surface area contributed by atoms with Gasteiger partial charge in [0.05, 0.1) is 0 Å². The Bertz CT molecular complexity index is 168. The van der Waals surface area contributed by atoms with E-state index in [0.717, 1.165) is 0 Å². The van der Waals surface area contributed by atoms with Crippen LogP contribution in [-0.4, -0.2) is 27.3 Å². The second-order valence-electron chi connectivity index (χ2n) is 2.07. The zero-order valence-electron chi connectivity index (χ0n) is 5.94. The van der Waals surface area contributed by atoms with Crippen molar-refractivity contribution >= 4 is 21.2 Å². The van der Waals surface area contributed by atoms with E-state index in [2.05, 4.69) is 0 Å². The Balaban J connectivity index is 0. The molecule has 11 heavy (non-hydrogen) atoms. The Labute approximate surface area is 91.8 Å². The molecule has 0 amide bonds. The maximum absolute atomic E-state index is 10.2. The van der Waals surface area contributed by atoms with Gasteiger partial charge in [0.15, 0.2) is 5.97 Å². The molecule has 0 saturated heterocycles. The molecule has 2 unspecified atom stereocenters. The van der Waals surface area contributed by atoms with E-state index in [0.29, 0.717) is 6.42 Å². The van der Waals surface area contributed by atoms with Crippen LogP contribution < -0.4 is 0 Å². The zero-order chi connectivity index (χ0) is 8.36. The standard InChI is InChI=1S/C5H8O4P.Y/c1-5(10,4(8)9)2-3(6)7;/h2H,10H2,1H3,(H,6,7)(H,8,9);/q-1;. The van der Waals surface area contributed by atoms with Gasteiger partial charge in [-0.2, -0.15) is 0 Å². The molecule has 6 heteroatoms. The number of rotatable bonds is 3. The molecule has 0 spiro atoms. The van der Waals surface area contributed by atoms with Crippen LogP contribution in [0, 0.1) is 6.42 Å². The fourth-order valence-corrected chi connectivity index (χ4v) is 0.461. The largest absolute Gasteiger partial charge is 0.503 e. The molecule has 0 aromatic carbocycles. The summed E-state index contributed by atoms with van der Waals surface area (Å²) >= 11 is 0. The Morgan fingerprint density at radius 1 is 1.45 bits per heavy atom. The fraction of sp³-hybridized carbons (Fsp3) is 0.400. The molecule has 0 aromatic heterocycles. The van der Waals surface area contributed by atoms with Gasteiger partial charge in [0.2, 0.25) is 0 Å². The molecule has 0 aliphatic rings. The van der Waals surface area contributed by atoms with Gasteiger partial charge in [0.1, 0.15) is 0 Å². The van der Waals surface area contributed by atoms with Crippen molar-refractivity contribution in [3.8, 4) is 0 Å². The summed E-state index contributed by atoms with van der Waals surface area (Å²) in [5.41, 5.74) is 0. The summed E-state index contributed by atoms with van der Waals surface area (Å²) in [6.07, 6.45) is 0.708. The quantitative estimate of drug-likeness (QED) is 0.547. The summed E-state index contributed by atoms with van der Waals surface area (Å²) in [4.78, 5) is 20.2. The molecule has 0 aliphatic carbocycles. The van der Waals surface area contributed by atoms with Gasteiger partial charge in [-0.1, -0.05) is 6.92 Å². The van der Waals surface area contributed by atoms with E-state index < -0.39 is 17.1 Å². The minimum absolute atomic E-state index is 0. The number of hydrogen-bond donors (Lipinski definition) is 2. The molecule has 0 bridgehead atoms. The van der Waals surface area contributed by atoms with Gasteiger partial charge >= 0.3 is 0 Å². The Kier molecular flexibility index (Phi) is 6.41. The van der Waals surface area contributed by atoms with Crippen LogP contribution in [0.2, 0.25) is 0 Å². The Morgan fingerprint density at radius 2 is 1.82 bits per heavy atom. The second-order valence-corrected chi connectivity index (χ2v) is 3.27. The predicted octanol–water partition coefficient (Wildman–Crippen LogP) is -0.00881. The molecule has 0 saturated carbocycles. The molecule has 1 radical (unpaired) electrons. The molecule has 0 fully saturated rings. The summed E-state index contributed by atoms with van der Waals surface area (Å²) in [5.74, 6) is -2.42. The van der Waals surface area contributed by atoms with Gasteiger partial charge < -0.3 is 10.2 Å². The van der Waals surface area contributed by atoms with Crippen molar-refractivity contribution in [3.63, 3.8) is 0 Å². The Hall–Kier alpha value is 0.344. The number of hydrogen-bond acceptors (Lipinski definition) is 2. The maximum Gasteiger partial charge on any atom is 0.285 e. The first-order valence-electron chi connectivity index (χ1n) is 2.47. The van der Waals surface area contributed by atoms with E-state index in [-0.39, 0.29) is 32.7 Å². The first-order chi connectivity index (χ1) is 4.36. The SMILES string of the molecule is CC(P)([CH-]C(=O)O)C(=O)O.[Y]. The summed E-state index contributed by atoms with van der Waals surface area (Å²) in [5, 5.41) is 15.2. The van der Waals surface area contributed by atoms with Gasteiger partial charge in [-0.15, -0.1) is 9.24 Å². The fourth-order valence-electron chi connectivity index (χ4n) is 0.318. The average molecular weight is 252 g/mol. The van der Waals surface area contributed by atoms with E-state index in [1.807, 2.05) is 9.24 Å². The van der Waals surface area contributed by atoms with Crippen molar-refractivity contribution in [3.05, 3.63) is 6.42 Å². The van der Waals surface area contributed by atoms with E-state index in [1.54, 1.807) is 0 Å². The van der Waals surface area contributed by atoms with E-state index in [1.165, 1.54) is 6.92 Å². The van der Waals surface area contributed by atoms with Gasteiger partial charge in [-0.05, 0) is 5.16 Å². The molecule has 2 atom stereocenters. The van der Waals surface area contributed by atoms with E-state index in [4.69, 9.17) is 10.2 Å². The third-order valence-electron chi connectivity index (χ3n) is 0.884. The molecule has 0 rings (SSSR count). The summed E-state index contributed by atoms with van der Waals surface area (Å²) in [6, 6.07) is 0. The molecule has 0 heterocycles. The van der Waals surface area contributed by atoms with Crippen molar-refractivity contribution in [1.82, 2.24) is 0 Å². The van der Waals surface area contributed by atoms with Crippen LogP contribution >= 0.6 is 9.24 Å². The summed E-state index contributed by atoms with van der Waals surface area (Å²) in [6.45, 7) is 1.29. The molecule has 0 aliphatic heterocycles. The van der Waals surface area contributed by atoms with E-state index >= 15 is 0 Å². The maximum atomic E-state index is 10.2. The smallest absolute Gasteiger partial charge is 0.285 e. The van der Waals surface area contributed by atoms with Crippen molar-refractivity contribution < 1.29 is 52.5 Å². The predicted molar refractivity (Wildman–Crippen MR) is 37.7 cm³/mol.